The van der Waals surface area contributed by atoms with Crippen molar-refractivity contribution < 1.29 is 55.4 Å². The number of nitrogens with zero attached hydrogens (tertiary/aromatic N) is 1. The van der Waals surface area contributed by atoms with Crippen LogP contribution >= 0.6 is 0 Å². The maximum Gasteiger partial charge on any atom is 0.522 e. The number of nitrogens with two attached hydrogens (primary N) is 1. The van der Waals surface area contributed by atoms with Gasteiger partial charge in [-0.25, -0.2) is 0 Å². The number of primary amides is 1. The van der Waals surface area contributed by atoms with E-state index in [1.807, 2.05) is 0 Å². The van der Waals surface area contributed by atoms with Gasteiger partial charge in [-0.1, -0.05) is 0 Å². The first-order valence-electron chi connectivity index (χ1n) is 10.9. The molecular formula is C20H25F6N3O6. The lowest BCUT2D eigenvalue weighted by Gasteiger charge is -2.25. The van der Waals surface area contributed by atoms with Crippen LogP contribution in [0.5, 0.6) is 0 Å². The number of carbonyl (C=O) groups is 4. The molecule has 0 aromatic carbocycles. The second kappa shape index (κ2) is 9.56. The van der Waals surface area contributed by atoms with Crippen LogP contribution in [0.25, 0.3) is 0 Å². The van der Waals surface area contributed by atoms with Crippen LogP contribution in [0.1, 0.15) is 32.1 Å². The van der Waals surface area contributed by atoms with Crippen molar-refractivity contribution in [2.75, 3.05) is 19.7 Å². The molecule has 3 aliphatic rings. The minimum Gasteiger partial charge on any atom is -0.383 e. The van der Waals surface area contributed by atoms with Gasteiger partial charge in [0.05, 0.1) is 6.42 Å². The fraction of sp³-hybridized carbons (Fsp3) is 0.800. The second-order valence-electron chi connectivity index (χ2n) is 9.42. The van der Waals surface area contributed by atoms with Crippen molar-refractivity contribution in [3.63, 3.8) is 0 Å². The summed E-state index contributed by atoms with van der Waals surface area (Å²) in [7, 11) is 0. The zero-order valence-electron chi connectivity index (χ0n) is 18.3. The van der Waals surface area contributed by atoms with Gasteiger partial charge in [-0.05, 0) is 37.0 Å². The molecule has 0 radical (unpaired) electrons. The maximum atomic E-state index is 12.7. The molecule has 4 unspecified atom stereocenters. The van der Waals surface area contributed by atoms with Gasteiger partial charge in [0, 0.05) is 24.9 Å². The van der Waals surface area contributed by atoms with Gasteiger partial charge < -0.3 is 21.1 Å². The average molecular weight is 517 g/mol. The van der Waals surface area contributed by atoms with Gasteiger partial charge in [0.1, 0.15) is 18.8 Å². The third-order valence-electron chi connectivity index (χ3n) is 7.01. The fourth-order valence-electron chi connectivity index (χ4n) is 5.31. The van der Waals surface area contributed by atoms with E-state index in [4.69, 9.17) is 5.73 Å². The average Bonchev–Trinajstić information content (AvgIpc) is 3.02. The Morgan fingerprint density at radius 3 is 2.37 bits per heavy atom. The first kappa shape index (κ1) is 27.2. The van der Waals surface area contributed by atoms with E-state index in [-0.39, 0.29) is 31.7 Å². The molecule has 0 aromatic rings. The van der Waals surface area contributed by atoms with Crippen LogP contribution in [0.3, 0.4) is 0 Å². The van der Waals surface area contributed by atoms with E-state index in [1.165, 1.54) is 0 Å². The number of halogens is 6. The molecule has 9 nitrogen and oxygen atoms in total. The van der Waals surface area contributed by atoms with E-state index in [2.05, 4.69) is 10.1 Å². The zero-order chi connectivity index (χ0) is 26.3. The van der Waals surface area contributed by atoms with Gasteiger partial charge in [-0.2, -0.15) is 13.2 Å². The Hall–Kier alpha value is -2.42. The number of aliphatic hydroxyl groups is 1. The van der Waals surface area contributed by atoms with Crippen LogP contribution in [0.4, 0.5) is 26.3 Å². The van der Waals surface area contributed by atoms with Crippen molar-refractivity contribution in [1.29, 1.82) is 0 Å². The van der Waals surface area contributed by atoms with Crippen molar-refractivity contribution >= 4 is 23.5 Å². The van der Waals surface area contributed by atoms with Crippen molar-refractivity contribution in [2.24, 2.45) is 28.9 Å². The van der Waals surface area contributed by atoms with Crippen LogP contribution < -0.4 is 11.1 Å². The van der Waals surface area contributed by atoms with Gasteiger partial charge in [-0.15, -0.1) is 13.2 Å². The Bertz CT molecular complexity index is 880. The first-order valence-corrected chi connectivity index (χ1v) is 10.9. The van der Waals surface area contributed by atoms with Crippen LogP contribution in [0.15, 0.2) is 0 Å². The number of carbonyl (C=O) groups excluding carboxylic acids is 4. The molecule has 0 bridgehead atoms. The van der Waals surface area contributed by atoms with E-state index < -0.39 is 78.5 Å². The Kier molecular flexibility index (Phi) is 7.42. The van der Waals surface area contributed by atoms with Crippen molar-refractivity contribution in [1.82, 2.24) is 10.2 Å². The van der Waals surface area contributed by atoms with Crippen LogP contribution in [0.2, 0.25) is 0 Å². The molecule has 3 amide bonds. The lowest BCUT2D eigenvalue weighted by molar-refractivity contribution is -0.321. The Morgan fingerprint density at radius 1 is 1.20 bits per heavy atom. The molecule has 1 spiro atoms. The summed E-state index contributed by atoms with van der Waals surface area (Å²) in [5.74, 6) is -6.02. The number of likely N-dealkylation sites (tertiary alicyclic amines) is 1. The van der Waals surface area contributed by atoms with Crippen molar-refractivity contribution in [3.05, 3.63) is 0 Å². The van der Waals surface area contributed by atoms with Gasteiger partial charge in [0.15, 0.2) is 5.78 Å². The Labute approximate surface area is 195 Å². The molecule has 3 rings (SSSR count). The molecule has 3 fully saturated rings. The number of ketones is 1. The number of rotatable bonds is 9. The minimum atomic E-state index is -5.06. The van der Waals surface area contributed by atoms with Gasteiger partial charge >= 0.3 is 12.5 Å². The molecule has 2 aliphatic heterocycles. The molecule has 0 aromatic heterocycles. The number of nitrogens with one attached hydrogen (secondary N) is 1. The summed E-state index contributed by atoms with van der Waals surface area (Å²) in [6.07, 6.45) is -13.9. The second-order valence-corrected chi connectivity index (χ2v) is 9.42. The third kappa shape index (κ3) is 6.42. The molecule has 2 saturated heterocycles. The number of aliphatic hydroxyl groups excluding tert-OH is 1. The smallest absolute Gasteiger partial charge is 0.383 e. The summed E-state index contributed by atoms with van der Waals surface area (Å²) >= 11 is 0. The standard InChI is InChI=1S/C20H25F6N3O6/c21-19(22,23)6-13(30)17(34)29-8-18(5-12(29)15(27)32)4-11(18)10(3-9-1-2-28-16(9)33)14(31)7-35-20(24,25)26/h9-13,30H,1-8H2,(H2,27,32)(H,28,33)/t9-,10+,11?,12?,13?,18?/m1/s1. The maximum absolute atomic E-state index is 12.7. The molecule has 15 heteroatoms. The van der Waals surface area contributed by atoms with Crippen molar-refractivity contribution in [3.8, 4) is 0 Å². The van der Waals surface area contributed by atoms with Crippen LogP contribution in [-0.2, 0) is 23.9 Å². The zero-order valence-corrected chi connectivity index (χ0v) is 18.3. The normalized spacial score (nSPS) is 30.3. The molecule has 4 N–H and O–H groups in total. The molecule has 1 aliphatic carbocycles. The summed E-state index contributed by atoms with van der Waals surface area (Å²) in [6, 6.07) is -1.35. The summed E-state index contributed by atoms with van der Waals surface area (Å²) in [4.78, 5) is 49.9. The molecule has 35 heavy (non-hydrogen) atoms. The highest BCUT2D eigenvalue weighted by Gasteiger charge is 2.65. The number of amides is 3. The van der Waals surface area contributed by atoms with Crippen molar-refractivity contribution in [2.45, 2.75) is 56.8 Å². The quantitative estimate of drug-likeness (QED) is 0.384. The Morgan fingerprint density at radius 2 is 1.86 bits per heavy atom. The van der Waals surface area contributed by atoms with Gasteiger partial charge in [-0.3, -0.25) is 23.9 Å². The molecule has 1 saturated carbocycles. The fourth-order valence-corrected chi connectivity index (χ4v) is 5.31. The molecular weight excluding hydrogens is 492 g/mol. The summed E-state index contributed by atoms with van der Waals surface area (Å²) in [5, 5.41) is 12.3. The van der Waals surface area contributed by atoms with E-state index in [9.17, 15) is 50.6 Å². The topological polar surface area (TPSA) is 139 Å². The van der Waals surface area contributed by atoms with E-state index in [0.29, 0.717) is 13.0 Å². The van der Waals surface area contributed by atoms with E-state index in [0.717, 1.165) is 4.90 Å². The van der Waals surface area contributed by atoms with Gasteiger partial charge in [0.2, 0.25) is 11.8 Å². The molecule has 6 atom stereocenters. The number of Topliss-reactive ketones (excluding diaryl/α,β-unsaturated/α-hetero) is 1. The van der Waals surface area contributed by atoms with E-state index >= 15 is 0 Å². The summed E-state index contributed by atoms with van der Waals surface area (Å²) in [5.41, 5.74) is 4.36. The summed E-state index contributed by atoms with van der Waals surface area (Å²) < 4.78 is 79.0. The number of hydrogen-bond donors (Lipinski definition) is 3. The summed E-state index contributed by atoms with van der Waals surface area (Å²) in [6.45, 7) is -1.26. The highest BCUT2D eigenvalue weighted by Crippen LogP contribution is 2.64. The SMILES string of the molecule is NC(=O)C1CC2(CC2[C@H](C[C@H]2CCNC2=O)C(=O)COC(F)(F)F)CN1C(=O)C(O)CC(F)(F)F. The predicted molar refractivity (Wildman–Crippen MR) is 103 cm³/mol. The van der Waals surface area contributed by atoms with Gasteiger partial charge in [0.25, 0.3) is 5.91 Å². The first-order chi connectivity index (χ1) is 16.0. The third-order valence-corrected chi connectivity index (χ3v) is 7.01. The predicted octanol–water partition coefficient (Wildman–Crippen LogP) is 0.640. The lowest BCUT2D eigenvalue weighted by atomic mass is 9.83. The molecule has 198 valence electrons. The number of alkyl halides is 6. The highest BCUT2D eigenvalue weighted by atomic mass is 19.4. The van der Waals surface area contributed by atoms with Crippen LogP contribution in [0, 0.1) is 23.2 Å². The van der Waals surface area contributed by atoms with Crippen LogP contribution in [-0.4, -0.2) is 77.9 Å². The molecule has 2 heterocycles. The van der Waals surface area contributed by atoms with E-state index in [1.54, 1.807) is 0 Å². The number of hydrogen-bond acceptors (Lipinski definition) is 6. The number of ether oxygens (including phenoxy) is 1. The lowest BCUT2D eigenvalue weighted by Crippen LogP contribution is -2.48. The minimum absolute atomic E-state index is 0.0792. The largest absolute Gasteiger partial charge is 0.522 e. The monoisotopic (exact) mass is 517 g/mol. The highest BCUT2D eigenvalue weighted by molar-refractivity contribution is 5.90. The Balaban J connectivity index is 1.78.